The van der Waals surface area contributed by atoms with Gasteiger partial charge in [-0.05, 0) is 43.7 Å². The van der Waals surface area contributed by atoms with Crippen molar-refractivity contribution in [2.24, 2.45) is 17.8 Å². The summed E-state index contributed by atoms with van der Waals surface area (Å²) in [4.78, 5) is 63.8. The van der Waals surface area contributed by atoms with E-state index in [1.54, 1.807) is 44.2 Å². The number of thiazole rings is 1. The number of ether oxygens (including phenoxy) is 2. The average Bonchev–Trinajstić information content (AvgIpc) is 3.87. The third kappa shape index (κ3) is 14.0. The molecule has 4 amide bonds. The van der Waals surface area contributed by atoms with Crippen LogP contribution in [0.15, 0.2) is 41.9 Å². The molecule has 1 aromatic carbocycles. The second kappa shape index (κ2) is 24.3. The number of rotatable bonds is 20. The Morgan fingerprint density at radius 2 is 1.67 bits per heavy atom. The van der Waals surface area contributed by atoms with Gasteiger partial charge >= 0.3 is 0 Å². The molecule has 2 N–H and O–H groups in total. The van der Waals surface area contributed by atoms with E-state index in [9.17, 15) is 19.2 Å². The zero-order chi connectivity index (χ0) is 41.2. The largest absolute Gasteiger partial charge is 0.379 e. The lowest BCUT2D eigenvalue weighted by Crippen LogP contribution is -2.55. The number of carbonyl (C=O) groups is 4. The number of hydrogen-bond acceptors (Lipinski definition) is 9. The van der Waals surface area contributed by atoms with Crippen molar-refractivity contribution in [2.45, 2.75) is 123 Å². The third-order valence-corrected chi connectivity index (χ3v) is 11.3. The van der Waals surface area contributed by atoms with Crippen LogP contribution in [0.4, 0.5) is 0 Å². The first-order valence-corrected chi connectivity index (χ1v) is 20.7. The molecule has 8 unspecified atom stereocenters. The molecular weight excluding hydrogens is 715 g/mol. The number of likely N-dealkylation sites (tertiary alicyclic amines) is 1. The molecule has 1 saturated heterocycles. The minimum Gasteiger partial charge on any atom is -0.379 e. The first kappa shape index (κ1) is 47.8. The molecule has 2 aromatic rings. The number of hydrogen-bond donors (Lipinski definition) is 2. The van der Waals surface area contributed by atoms with Crippen LogP contribution in [-0.4, -0.2) is 123 Å². The molecule has 1 fully saturated rings. The molecule has 14 heteroatoms. The molecule has 0 saturated carbocycles. The molecule has 8 atom stereocenters. The molecule has 1 aliphatic heterocycles. The second-order valence-corrected chi connectivity index (χ2v) is 16.1. The molecule has 0 aliphatic carbocycles. The Balaban J connectivity index is 0.00000337. The lowest BCUT2D eigenvalue weighted by molar-refractivity contribution is -0.146. The number of nitrogens with zero attached hydrogens (tertiary/aromatic N) is 4. The van der Waals surface area contributed by atoms with Gasteiger partial charge in [0.15, 0.2) is 7.98 Å². The van der Waals surface area contributed by atoms with Crippen molar-refractivity contribution in [1.82, 2.24) is 30.2 Å². The molecule has 307 valence electrons. The van der Waals surface area contributed by atoms with Crippen LogP contribution < -0.4 is 10.6 Å². The number of benzene rings is 1. The van der Waals surface area contributed by atoms with Crippen LogP contribution in [0.25, 0.3) is 0 Å². The molecule has 2 heterocycles. The normalized spacial score (nSPS) is 18.0. The van der Waals surface area contributed by atoms with E-state index in [0.717, 1.165) is 23.4 Å². The highest BCUT2D eigenvalue weighted by atomic mass is 32.1. The van der Waals surface area contributed by atoms with E-state index in [-0.39, 0.29) is 60.5 Å². The summed E-state index contributed by atoms with van der Waals surface area (Å²) in [6.07, 6.45) is 4.74. The summed E-state index contributed by atoms with van der Waals surface area (Å²) < 4.78 is 11.9. The van der Waals surface area contributed by atoms with Crippen LogP contribution in [0.2, 0.25) is 0 Å². The molecule has 3 rings (SSSR count). The number of carbonyl (C=O) groups excluding carboxylic acids is 4. The zero-order valence-corrected chi connectivity index (χ0v) is 36.1. The quantitative estimate of drug-likeness (QED) is 0.184. The fourth-order valence-electron chi connectivity index (χ4n) is 7.49. The highest BCUT2D eigenvalue weighted by Gasteiger charge is 2.42. The summed E-state index contributed by atoms with van der Waals surface area (Å²) in [5, 5.41) is 8.73. The maximum Gasteiger partial charge on any atom is 0.242 e. The number of amides is 4. The molecule has 1 aliphatic rings. The van der Waals surface area contributed by atoms with Crippen molar-refractivity contribution in [3.05, 3.63) is 52.5 Å². The number of nitrogens with one attached hydrogen (secondary N) is 2. The first-order chi connectivity index (χ1) is 26.2. The number of likely N-dealkylation sites (N-methyl/N-ethyl adjacent to an activating group) is 2. The molecule has 55 heavy (non-hydrogen) atoms. The molecule has 1 radical (unpaired) electrons. The Hall–Kier alpha value is -3.33. The summed E-state index contributed by atoms with van der Waals surface area (Å²) in [6, 6.07) is 8.49. The van der Waals surface area contributed by atoms with Gasteiger partial charge in [-0.15, -0.1) is 11.3 Å². The Kier molecular flexibility index (Phi) is 21.2. The number of methoxy groups -OCH3 is 2. The Morgan fingerprint density at radius 3 is 2.20 bits per heavy atom. The van der Waals surface area contributed by atoms with Crippen LogP contribution >= 0.6 is 11.3 Å². The average molecular weight is 784 g/mol. The van der Waals surface area contributed by atoms with Crippen molar-refractivity contribution >= 4 is 42.9 Å². The monoisotopic (exact) mass is 784 g/mol. The predicted molar refractivity (Wildman–Crippen MR) is 222 cm³/mol. The highest BCUT2D eigenvalue weighted by molar-refractivity contribution is 7.09. The van der Waals surface area contributed by atoms with E-state index in [4.69, 9.17) is 9.47 Å². The fourth-order valence-corrected chi connectivity index (χ4v) is 8.18. The van der Waals surface area contributed by atoms with E-state index in [2.05, 4.69) is 37.4 Å². The first-order valence-electron chi connectivity index (χ1n) is 19.8. The van der Waals surface area contributed by atoms with Gasteiger partial charge in [0.05, 0.1) is 55.3 Å². The SMILES string of the molecule is CCC.[BH]N(C)C(C(=O)NCC(=O)N(C)C(C(C)CC)C(CC(=O)N1CCCC1C(OC)C(C)C(=O)NC(Cc1ccccc1)c1nccs1)OC)C(C)C. The summed E-state index contributed by atoms with van der Waals surface area (Å²) >= 11 is 1.50. The van der Waals surface area contributed by atoms with Crippen molar-refractivity contribution in [2.75, 3.05) is 41.4 Å². The van der Waals surface area contributed by atoms with Gasteiger partial charge in [0, 0.05) is 39.4 Å². The lowest BCUT2D eigenvalue weighted by Gasteiger charge is -2.39. The van der Waals surface area contributed by atoms with E-state index >= 15 is 0 Å². The van der Waals surface area contributed by atoms with E-state index < -0.39 is 30.2 Å². The second-order valence-electron chi connectivity index (χ2n) is 15.1. The Morgan fingerprint density at radius 1 is 1.02 bits per heavy atom. The van der Waals surface area contributed by atoms with Crippen molar-refractivity contribution in [3.63, 3.8) is 0 Å². The van der Waals surface area contributed by atoms with Gasteiger partial charge in [0.1, 0.15) is 5.01 Å². The van der Waals surface area contributed by atoms with Crippen LogP contribution in [0, 0.1) is 17.8 Å². The van der Waals surface area contributed by atoms with Crippen LogP contribution in [-0.2, 0) is 35.1 Å². The van der Waals surface area contributed by atoms with Crippen molar-refractivity contribution in [1.29, 1.82) is 0 Å². The van der Waals surface area contributed by atoms with E-state index in [1.807, 2.05) is 75.2 Å². The molecule has 1 aromatic heterocycles. The zero-order valence-electron chi connectivity index (χ0n) is 35.2. The molecular formula is C41H68BN6O6S. The lowest BCUT2D eigenvalue weighted by atomic mass is 9.90. The van der Waals surface area contributed by atoms with Crippen LogP contribution in [0.5, 0.6) is 0 Å². The topological polar surface area (TPSA) is 133 Å². The minimum absolute atomic E-state index is 0.00303. The Bertz CT molecular complexity index is 1430. The van der Waals surface area contributed by atoms with Gasteiger partial charge < -0.3 is 34.7 Å². The van der Waals surface area contributed by atoms with E-state index in [1.165, 1.54) is 17.8 Å². The van der Waals surface area contributed by atoms with Crippen molar-refractivity contribution in [3.8, 4) is 0 Å². The summed E-state index contributed by atoms with van der Waals surface area (Å²) in [5.74, 6) is -1.36. The molecule has 0 bridgehead atoms. The van der Waals surface area contributed by atoms with Gasteiger partial charge in [-0.1, -0.05) is 91.6 Å². The third-order valence-electron chi connectivity index (χ3n) is 10.4. The smallest absolute Gasteiger partial charge is 0.242 e. The summed E-state index contributed by atoms with van der Waals surface area (Å²) in [7, 11) is 10.5. The molecule has 12 nitrogen and oxygen atoms in total. The van der Waals surface area contributed by atoms with Crippen LogP contribution in [0.1, 0.15) is 97.2 Å². The Labute approximate surface area is 335 Å². The van der Waals surface area contributed by atoms with Crippen LogP contribution in [0.3, 0.4) is 0 Å². The standard InChI is InChI=1S/C38H60BN6O6S.C3H8/c1-10-25(4)34(43(6)32(47)23-41-37(49)33(24(2)3)44(7)39)30(50-8)22-31(46)45-19-14-17-29(45)35(51-9)26(5)36(48)42-28(38-40-18-20-52-38)21-27-15-12-11-13-16-27;1-3-2/h11-13,15-16,18,20,24-26,28-30,33-35,39H,10,14,17,19,21-23H2,1-9H3,(H,41,49)(H,42,48);3H2,1-2H3. The minimum atomic E-state index is -0.596. The van der Waals surface area contributed by atoms with Gasteiger partial charge in [-0.3, -0.25) is 19.2 Å². The van der Waals surface area contributed by atoms with E-state index in [0.29, 0.717) is 19.4 Å². The highest BCUT2D eigenvalue weighted by Crippen LogP contribution is 2.30. The summed E-state index contributed by atoms with van der Waals surface area (Å²) in [5.41, 5.74) is 1.09. The van der Waals surface area contributed by atoms with Gasteiger partial charge in [-0.2, -0.15) is 0 Å². The van der Waals surface area contributed by atoms with Crippen molar-refractivity contribution < 1.29 is 28.7 Å². The maximum atomic E-state index is 14.1. The van der Waals surface area contributed by atoms with Gasteiger partial charge in [0.2, 0.25) is 23.6 Å². The summed E-state index contributed by atoms with van der Waals surface area (Å²) in [6.45, 7) is 14.4. The maximum absolute atomic E-state index is 14.1. The predicted octanol–water partition coefficient (Wildman–Crippen LogP) is 4.77. The van der Waals surface area contributed by atoms with Gasteiger partial charge in [0.25, 0.3) is 0 Å². The number of aromatic nitrogens is 1. The van der Waals surface area contributed by atoms with Gasteiger partial charge in [-0.25, -0.2) is 4.98 Å². The fraction of sp³-hybridized carbons (Fsp3) is 0.683. The molecule has 0 spiro atoms.